The maximum atomic E-state index is 13.0. The molecule has 2 aromatic rings. The molecular formula is C20H28N6O4S. The number of amides is 2. The second-order valence-corrected chi connectivity index (χ2v) is 9.64. The van der Waals surface area contributed by atoms with Gasteiger partial charge in [0.1, 0.15) is 11.6 Å². The molecule has 0 unspecified atom stereocenters. The average Bonchev–Trinajstić information content (AvgIpc) is 2.69. The van der Waals surface area contributed by atoms with Gasteiger partial charge in [0, 0.05) is 14.2 Å². The zero-order valence-electron chi connectivity index (χ0n) is 17.6. The molecule has 10 nitrogen and oxygen atoms in total. The van der Waals surface area contributed by atoms with Crippen molar-refractivity contribution in [1.29, 1.82) is 0 Å². The summed E-state index contributed by atoms with van der Waals surface area (Å²) in [6.45, 7) is 4.22. The smallest absolute Gasteiger partial charge is 0.313 e. The van der Waals surface area contributed by atoms with E-state index < -0.39 is 21.8 Å². The molecule has 168 valence electrons. The summed E-state index contributed by atoms with van der Waals surface area (Å²) >= 11 is 0. The Morgan fingerprint density at radius 2 is 1.97 bits per heavy atom. The Morgan fingerprint density at radius 1 is 1.23 bits per heavy atom. The number of rotatable bonds is 4. The van der Waals surface area contributed by atoms with E-state index in [1.165, 1.54) is 12.4 Å². The summed E-state index contributed by atoms with van der Waals surface area (Å²) in [7, 11) is -3.44. The van der Waals surface area contributed by atoms with Gasteiger partial charge >= 0.3 is 11.8 Å². The molecule has 0 bridgehead atoms. The minimum absolute atomic E-state index is 0. The Hall–Kier alpha value is -3.21. The van der Waals surface area contributed by atoms with E-state index in [0.717, 1.165) is 18.2 Å². The number of pyridine rings is 2. The number of hydrogen-bond acceptors (Lipinski definition) is 7. The molecule has 0 radical (unpaired) electrons. The van der Waals surface area contributed by atoms with Gasteiger partial charge in [-0.1, -0.05) is 13.0 Å². The van der Waals surface area contributed by atoms with Crippen molar-refractivity contribution in [3.05, 3.63) is 41.7 Å². The minimum Gasteiger partial charge on any atom is -0.383 e. The van der Waals surface area contributed by atoms with Crippen LogP contribution in [-0.2, 0) is 19.6 Å². The highest BCUT2D eigenvalue weighted by Gasteiger charge is 2.34. The summed E-state index contributed by atoms with van der Waals surface area (Å²) in [5, 5.41) is 2.59. The minimum atomic E-state index is -3.44. The second-order valence-electron chi connectivity index (χ2n) is 7.89. The molecule has 0 aromatic carbocycles. The lowest BCUT2D eigenvalue weighted by Gasteiger charge is -2.38. The largest absolute Gasteiger partial charge is 0.383 e. The maximum Gasteiger partial charge on any atom is 0.313 e. The van der Waals surface area contributed by atoms with E-state index in [9.17, 15) is 18.0 Å². The van der Waals surface area contributed by atoms with Crippen molar-refractivity contribution in [2.45, 2.75) is 32.7 Å². The molecule has 0 saturated carbocycles. The van der Waals surface area contributed by atoms with E-state index in [4.69, 9.17) is 5.73 Å². The third-order valence-electron chi connectivity index (χ3n) is 5.11. The van der Waals surface area contributed by atoms with Crippen LogP contribution in [0.15, 0.2) is 30.6 Å². The van der Waals surface area contributed by atoms with Gasteiger partial charge in [0.2, 0.25) is 10.0 Å². The third kappa shape index (κ3) is 5.69. The molecule has 31 heavy (non-hydrogen) atoms. The first-order valence-corrected chi connectivity index (χ1v) is 11.7. The number of aryl methyl sites for hydroxylation is 1. The summed E-state index contributed by atoms with van der Waals surface area (Å²) in [6, 6.07) is 4.58. The zero-order valence-corrected chi connectivity index (χ0v) is 18.4. The lowest BCUT2D eigenvalue weighted by molar-refractivity contribution is -0.146. The average molecular weight is 449 g/mol. The number of sulfonamides is 1. The molecule has 1 saturated heterocycles. The van der Waals surface area contributed by atoms with Gasteiger partial charge in [-0.25, -0.2) is 18.4 Å². The van der Waals surface area contributed by atoms with Crippen LogP contribution in [0.1, 0.15) is 38.4 Å². The predicted octanol–water partition coefficient (Wildman–Crippen LogP) is 1.92. The van der Waals surface area contributed by atoms with E-state index in [2.05, 4.69) is 20.0 Å². The van der Waals surface area contributed by atoms with E-state index >= 15 is 0 Å². The van der Waals surface area contributed by atoms with Crippen molar-refractivity contribution in [2.75, 3.05) is 28.6 Å². The number of anilines is 3. The van der Waals surface area contributed by atoms with E-state index in [0.29, 0.717) is 30.0 Å². The van der Waals surface area contributed by atoms with Crippen molar-refractivity contribution in [1.82, 2.24) is 14.9 Å². The van der Waals surface area contributed by atoms with Crippen molar-refractivity contribution < 1.29 is 19.4 Å². The number of likely N-dealkylation sites (tertiary alicyclic amines) is 1. The van der Waals surface area contributed by atoms with Crippen LogP contribution in [0.3, 0.4) is 0 Å². The summed E-state index contributed by atoms with van der Waals surface area (Å²) in [6.07, 6.45) is 5.53. The molecule has 2 atom stereocenters. The summed E-state index contributed by atoms with van der Waals surface area (Å²) < 4.78 is 25.0. The van der Waals surface area contributed by atoms with Crippen molar-refractivity contribution in [3.8, 4) is 0 Å². The van der Waals surface area contributed by atoms with Crippen molar-refractivity contribution in [3.63, 3.8) is 0 Å². The van der Waals surface area contributed by atoms with Gasteiger partial charge in [0.25, 0.3) is 0 Å². The number of nitrogens with zero attached hydrogens (tertiary/aromatic N) is 3. The van der Waals surface area contributed by atoms with Gasteiger partial charge in [0.15, 0.2) is 0 Å². The lowest BCUT2D eigenvalue weighted by atomic mass is 9.90. The molecule has 1 fully saturated rings. The molecular weight excluding hydrogens is 420 g/mol. The van der Waals surface area contributed by atoms with Gasteiger partial charge < -0.3 is 16.0 Å². The first kappa shape index (κ1) is 22.5. The van der Waals surface area contributed by atoms with Crippen LogP contribution in [0, 0.1) is 12.8 Å². The number of nitrogens with one attached hydrogen (secondary N) is 2. The molecule has 1 aliphatic heterocycles. The van der Waals surface area contributed by atoms with Crippen LogP contribution in [-0.4, -0.2) is 47.9 Å². The number of carbonyl (C=O) groups is 2. The van der Waals surface area contributed by atoms with Crippen LogP contribution in [0.25, 0.3) is 0 Å². The standard InChI is InChI=1S/C20H26N6O4S.H2/c1-12-4-6-16(14-5-7-17(22-9-14)25-31(3,29)30)26(11-12)20(28)19(27)24-15-8-13(2)18(21)23-10-15;/h5,7-10,12,16H,4,6,11H2,1-3H3,(H2,21,23)(H,22,25)(H,24,27);1H/t12-,16+;/m1./s1. The molecule has 11 heteroatoms. The summed E-state index contributed by atoms with van der Waals surface area (Å²) in [5.74, 6) is -0.613. The van der Waals surface area contributed by atoms with E-state index in [-0.39, 0.29) is 19.2 Å². The quantitative estimate of drug-likeness (QED) is 0.605. The molecule has 2 amide bonds. The van der Waals surface area contributed by atoms with Gasteiger partial charge in [-0.15, -0.1) is 0 Å². The first-order valence-electron chi connectivity index (χ1n) is 9.81. The second kappa shape index (κ2) is 8.88. The Bertz CT molecular complexity index is 1090. The van der Waals surface area contributed by atoms with Crippen LogP contribution in [0.2, 0.25) is 0 Å². The number of aromatic nitrogens is 2. The Morgan fingerprint density at radius 3 is 2.58 bits per heavy atom. The number of piperidine rings is 1. The van der Waals surface area contributed by atoms with Crippen LogP contribution < -0.4 is 15.8 Å². The molecule has 4 N–H and O–H groups in total. The first-order chi connectivity index (χ1) is 14.5. The molecule has 3 rings (SSSR count). The van der Waals surface area contributed by atoms with Crippen LogP contribution in [0.5, 0.6) is 0 Å². The third-order valence-corrected chi connectivity index (χ3v) is 5.69. The van der Waals surface area contributed by atoms with Crippen molar-refractivity contribution in [2.24, 2.45) is 5.92 Å². The van der Waals surface area contributed by atoms with Crippen molar-refractivity contribution >= 4 is 39.2 Å². The Labute approximate surface area is 182 Å². The van der Waals surface area contributed by atoms with Crippen LogP contribution in [0.4, 0.5) is 17.3 Å². The highest BCUT2D eigenvalue weighted by Crippen LogP contribution is 2.33. The highest BCUT2D eigenvalue weighted by atomic mass is 32.2. The van der Waals surface area contributed by atoms with E-state index in [1.807, 2.05) is 6.92 Å². The van der Waals surface area contributed by atoms with Gasteiger partial charge in [-0.05, 0) is 48.9 Å². The maximum absolute atomic E-state index is 13.0. The molecule has 2 aromatic heterocycles. The topological polar surface area (TPSA) is 147 Å². The molecule has 0 aliphatic carbocycles. The summed E-state index contributed by atoms with van der Waals surface area (Å²) in [4.78, 5) is 35.3. The monoisotopic (exact) mass is 448 g/mol. The van der Waals surface area contributed by atoms with Gasteiger partial charge in [0.05, 0.1) is 24.2 Å². The number of carbonyl (C=O) groups excluding carboxylic acids is 2. The fraction of sp³-hybridized carbons (Fsp3) is 0.400. The zero-order chi connectivity index (χ0) is 22.8. The fourth-order valence-corrected chi connectivity index (χ4v) is 4.05. The molecule has 3 heterocycles. The highest BCUT2D eigenvalue weighted by molar-refractivity contribution is 7.92. The van der Waals surface area contributed by atoms with Crippen LogP contribution >= 0.6 is 0 Å². The number of nitrogens with two attached hydrogens (primary N) is 1. The lowest BCUT2D eigenvalue weighted by Crippen LogP contribution is -2.46. The van der Waals surface area contributed by atoms with Gasteiger partial charge in [-0.2, -0.15) is 0 Å². The molecule has 0 spiro atoms. The number of nitrogen functional groups attached to an aromatic ring is 1. The molecule has 1 aliphatic rings. The SMILES string of the molecule is Cc1cc(NC(=O)C(=O)N2C[C@H](C)CC[C@H]2c2ccc(NS(C)(=O)=O)nc2)cnc1N.[HH]. The van der Waals surface area contributed by atoms with Gasteiger partial charge in [-0.3, -0.25) is 14.3 Å². The summed E-state index contributed by atoms with van der Waals surface area (Å²) in [5.41, 5.74) is 7.52. The normalized spacial score (nSPS) is 19.0. The Balaban J connectivity index is 0.00000363. The predicted molar refractivity (Wildman–Crippen MR) is 120 cm³/mol. The fourth-order valence-electron chi connectivity index (χ4n) is 3.55. The number of hydrogen-bond donors (Lipinski definition) is 3. The Kier molecular flexibility index (Phi) is 6.44. The van der Waals surface area contributed by atoms with E-state index in [1.54, 1.807) is 30.0 Å².